The van der Waals surface area contributed by atoms with Crippen molar-refractivity contribution in [2.75, 3.05) is 0 Å². The van der Waals surface area contributed by atoms with E-state index >= 15 is 0 Å². The van der Waals surface area contributed by atoms with Crippen LogP contribution in [0, 0.1) is 29.1 Å². The van der Waals surface area contributed by atoms with Crippen LogP contribution >= 0.6 is 0 Å². The molecule has 25 heavy (non-hydrogen) atoms. The van der Waals surface area contributed by atoms with Crippen molar-refractivity contribution in [3.63, 3.8) is 0 Å². The van der Waals surface area contributed by atoms with E-state index in [1.807, 2.05) is 36.2 Å². The van der Waals surface area contributed by atoms with Gasteiger partial charge in [-0.2, -0.15) is 15.5 Å². The molecule has 122 valence electrons. The van der Waals surface area contributed by atoms with E-state index in [1.165, 1.54) is 5.57 Å². The van der Waals surface area contributed by atoms with Crippen molar-refractivity contribution in [3.8, 4) is 17.9 Å². The molecule has 0 aromatic carbocycles. The molecular formula is C20H17N5. The molecule has 5 heteroatoms. The smallest absolute Gasteiger partial charge is 0.0893 e. The summed E-state index contributed by atoms with van der Waals surface area (Å²) in [6.45, 7) is 0. The Morgan fingerprint density at radius 2 is 2.16 bits per heavy atom. The van der Waals surface area contributed by atoms with Gasteiger partial charge in [0.15, 0.2) is 0 Å². The number of aryl methyl sites for hydroxylation is 1. The topological polar surface area (TPSA) is 58.9 Å². The monoisotopic (exact) mass is 327 g/mol. The number of nitrogens with zero attached hydrogens (tertiary/aromatic N) is 5. The summed E-state index contributed by atoms with van der Waals surface area (Å²) in [5, 5.41) is 17.7. The average molecular weight is 327 g/mol. The molecule has 3 aromatic rings. The summed E-state index contributed by atoms with van der Waals surface area (Å²) in [6, 6.07) is 6.49. The molecule has 1 atom stereocenters. The fourth-order valence-electron chi connectivity index (χ4n) is 3.22. The number of hydrogen-bond donors (Lipinski definition) is 0. The fraction of sp³-hybridized carbons (Fsp3) is 0.250. The SMILES string of the molecule is Cn1cc(C#Cc2cnn3cccc(C4=CCC(C#N)CC4)c23)cn1. The summed E-state index contributed by atoms with van der Waals surface area (Å²) in [5.74, 6) is 6.52. The summed E-state index contributed by atoms with van der Waals surface area (Å²) >= 11 is 0. The van der Waals surface area contributed by atoms with E-state index < -0.39 is 0 Å². The Labute approximate surface area is 146 Å². The van der Waals surface area contributed by atoms with Crippen LogP contribution in [0.1, 0.15) is 36.0 Å². The number of hydrogen-bond acceptors (Lipinski definition) is 3. The van der Waals surface area contributed by atoms with Crippen LogP contribution in [-0.2, 0) is 7.05 Å². The maximum atomic E-state index is 9.09. The van der Waals surface area contributed by atoms with Crippen molar-refractivity contribution < 1.29 is 0 Å². The quantitative estimate of drug-likeness (QED) is 0.645. The molecule has 0 N–H and O–H groups in total. The zero-order valence-corrected chi connectivity index (χ0v) is 14.0. The number of pyridine rings is 1. The molecule has 1 unspecified atom stereocenters. The lowest BCUT2D eigenvalue weighted by Crippen LogP contribution is -2.04. The van der Waals surface area contributed by atoms with Gasteiger partial charge in [-0.05, 0) is 30.9 Å². The van der Waals surface area contributed by atoms with Gasteiger partial charge in [0.1, 0.15) is 0 Å². The van der Waals surface area contributed by atoms with Gasteiger partial charge < -0.3 is 0 Å². The fourth-order valence-corrected chi connectivity index (χ4v) is 3.22. The first kappa shape index (κ1) is 15.2. The Morgan fingerprint density at radius 3 is 2.88 bits per heavy atom. The van der Waals surface area contributed by atoms with Crippen LogP contribution < -0.4 is 0 Å². The summed E-state index contributed by atoms with van der Waals surface area (Å²) in [4.78, 5) is 0. The standard InChI is InChI=1S/C20H17N5/c1-24-14-16(12-22-24)6-9-18-13-23-25-10-2-3-19(20(18)25)17-7-4-15(11-21)5-8-17/h2-3,7,10,12-15H,4-5,8H2,1H3. The van der Waals surface area contributed by atoms with E-state index in [1.54, 1.807) is 10.9 Å². The molecule has 4 rings (SSSR count). The van der Waals surface area contributed by atoms with Gasteiger partial charge in [-0.25, -0.2) is 4.52 Å². The van der Waals surface area contributed by atoms with Gasteiger partial charge in [-0.3, -0.25) is 4.68 Å². The largest absolute Gasteiger partial charge is 0.275 e. The van der Waals surface area contributed by atoms with E-state index in [4.69, 9.17) is 5.26 Å². The number of allylic oxidation sites excluding steroid dienone is 2. The van der Waals surface area contributed by atoms with Crippen molar-refractivity contribution in [2.45, 2.75) is 19.3 Å². The number of fused-ring (bicyclic) bond motifs is 1. The molecule has 0 spiro atoms. The van der Waals surface area contributed by atoms with Gasteiger partial charge in [0.05, 0.1) is 41.0 Å². The number of nitriles is 1. The maximum absolute atomic E-state index is 9.09. The van der Waals surface area contributed by atoms with Gasteiger partial charge in [-0.1, -0.05) is 24.0 Å². The Hall–Kier alpha value is -3.31. The molecule has 1 aliphatic carbocycles. The number of aromatic nitrogens is 4. The van der Waals surface area contributed by atoms with E-state index in [-0.39, 0.29) is 5.92 Å². The van der Waals surface area contributed by atoms with Crippen LogP contribution in [0.15, 0.2) is 43.0 Å². The molecule has 3 heterocycles. The molecule has 0 bridgehead atoms. The van der Waals surface area contributed by atoms with Crippen molar-refractivity contribution >= 4 is 11.1 Å². The summed E-state index contributed by atoms with van der Waals surface area (Å²) in [5.41, 5.74) is 5.25. The maximum Gasteiger partial charge on any atom is 0.0893 e. The lowest BCUT2D eigenvalue weighted by atomic mass is 9.87. The highest BCUT2D eigenvalue weighted by atomic mass is 15.2. The molecule has 0 saturated heterocycles. The van der Waals surface area contributed by atoms with Crippen LogP contribution in [0.2, 0.25) is 0 Å². The second kappa shape index (κ2) is 6.30. The van der Waals surface area contributed by atoms with Crippen LogP contribution in [0.5, 0.6) is 0 Å². The predicted octanol–water partition coefficient (Wildman–Crippen LogP) is 3.17. The second-order valence-electron chi connectivity index (χ2n) is 6.26. The molecular weight excluding hydrogens is 310 g/mol. The highest BCUT2D eigenvalue weighted by Crippen LogP contribution is 2.32. The molecule has 0 aliphatic heterocycles. The third-order valence-corrected chi connectivity index (χ3v) is 4.53. The van der Waals surface area contributed by atoms with Crippen molar-refractivity contribution in [2.24, 2.45) is 13.0 Å². The molecule has 0 saturated carbocycles. The molecule has 5 nitrogen and oxygen atoms in total. The van der Waals surface area contributed by atoms with Gasteiger partial charge in [-0.15, -0.1) is 0 Å². The lowest BCUT2D eigenvalue weighted by molar-refractivity contribution is 0.604. The van der Waals surface area contributed by atoms with Crippen molar-refractivity contribution in [3.05, 3.63) is 59.7 Å². The first-order valence-corrected chi connectivity index (χ1v) is 8.30. The first-order valence-electron chi connectivity index (χ1n) is 8.30. The minimum absolute atomic E-state index is 0.137. The molecule has 0 amide bonds. The van der Waals surface area contributed by atoms with Gasteiger partial charge in [0.25, 0.3) is 0 Å². The Kier molecular flexibility index (Phi) is 3.84. The van der Waals surface area contributed by atoms with Crippen LogP contribution in [0.25, 0.3) is 11.1 Å². The summed E-state index contributed by atoms with van der Waals surface area (Å²) in [6.07, 6.45) is 12.2. The van der Waals surface area contributed by atoms with E-state index in [2.05, 4.69) is 40.2 Å². The Morgan fingerprint density at radius 1 is 1.24 bits per heavy atom. The van der Waals surface area contributed by atoms with Crippen LogP contribution in [0.3, 0.4) is 0 Å². The van der Waals surface area contributed by atoms with Crippen molar-refractivity contribution in [1.82, 2.24) is 19.4 Å². The van der Waals surface area contributed by atoms with Crippen molar-refractivity contribution in [1.29, 1.82) is 5.26 Å². The van der Waals surface area contributed by atoms with E-state index in [9.17, 15) is 0 Å². The third-order valence-electron chi connectivity index (χ3n) is 4.53. The minimum atomic E-state index is 0.137. The highest BCUT2D eigenvalue weighted by molar-refractivity contribution is 5.82. The van der Waals surface area contributed by atoms with Crippen LogP contribution in [0.4, 0.5) is 0 Å². The first-order chi connectivity index (χ1) is 12.2. The van der Waals surface area contributed by atoms with E-state index in [0.29, 0.717) is 0 Å². The number of rotatable bonds is 1. The van der Waals surface area contributed by atoms with E-state index in [0.717, 1.165) is 41.5 Å². The van der Waals surface area contributed by atoms with Gasteiger partial charge in [0.2, 0.25) is 0 Å². The lowest BCUT2D eigenvalue weighted by Gasteiger charge is -2.17. The average Bonchev–Trinajstić information content (AvgIpc) is 3.26. The second-order valence-corrected chi connectivity index (χ2v) is 6.26. The normalized spacial score (nSPS) is 16.8. The minimum Gasteiger partial charge on any atom is -0.275 e. The Bertz CT molecular complexity index is 1060. The van der Waals surface area contributed by atoms with Crippen LogP contribution in [-0.4, -0.2) is 19.4 Å². The molecule has 0 fully saturated rings. The van der Waals surface area contributed by atoms with Gasteiger partial charge in [0, 0.05) is 25.0 Å². The molecule has 3 aromatic heterocycles. The summed E-state index contributed by atoms with van der Waals surface area (Å²) in [7, 11) is 1.88. The highest BCUT2D eigenvalue weighted by Gasteiger charge is 2.17. The predicted molar refractivity (Wildman–Crippen MR) is 95.3 cm³/mol. The Balaban J connectivity index is 1.77. The zero-order chi connectivity index (χ0) is 17.2. The zero-order valence-electron chi connectivity index (χ0n) is 14.0. The molecule has 1 aliphatic rings. The third kappa shape index (κ3) is 2.93. The summed E-state index contributed by atoms with van der Waals surface area (Å²) < 4.78 is 3.61. The molecule has 0 radical (unpaired) electrons. The van der Waals surface area contributed by atoms with Gasteiger partial charge >= 0.3 is 0 Å².